The monoisotopic (exact) mass is 454 g/mol. The van der Waals surface area contributed by atoms with Crippen LogP contribution in [0.25, 0.3) is 0 Å². The number of hydrogen-bond acceptors (Lipinski definition) is 2. The molecule has 4 saturated carbocycles. The highest BCUT2D eigenvalue weighted by Crippen LogP contribution is 2.84. The molecule has 2 heteroatoms. The van der Waals surface area contributed by atoms with Gasteiger partial charge in [-0.25, -0.2) is 0 Å². The zero-order valence-electron chi connectivity index (χ0n) is 22.5. The number of esters is 1. The van der Waals surface area contributed by atoms with Crippen LogP contribution in [-0.4, -0.2) is 12.1 Å². The minimum atomic E-state index is -0.0246. The number of allylic oxidation sites excluding steroid dienone is 1. The Kier molecular flexibility index (Phi) is 5.89. The molecule has 0 aliphatic heterocycles. The number of carbonyl (C=O) groups excluding carboxylic acids is 1. The quantitative estimate of drug-likeness (QED) is 0.297. The molecule has 0 amide bonds. The van der Waals surface area contributed by atoms with Crippen molar-refractivity contribution < 1.29 is 9.53 Å². The molecule has 2 nitrogen and oxygen atoms in total. The molecule has 33 heavy (non-hydrogen) atoms. The molecule has 0 saturated heterocycles. The molecule has 5 aliphatic rings. The minimum absolute atomic E-state index is 0.0246. The number of hydrogen-bond donors (Lipinski definition) is 0. The van der Waals surface area contributed by atoms with Gasteiger partial charge in [0.2, 0.25) is 0 Å². The Morgan fingerprint density at radius 1 is 1.09 bits per heavy atom. The van der Waals surface area contributed by atoms with E-state index in [2.05, 4.69) is 40.7 Å². The van der Waals surface area contributed by atoms with Crippen LogP contribution in [0.15, 0.2) is 11.6 Å². The molecule has 186 valence electrons. The molecule has 8 atom stereocenters. The Labute approximate surface area is 203 Å². The van der Waals surface area contributed by atoms with E-state index in [1.807, 2.05) is 6.92 Å². The van der Waals surface area contributed by atoms with Crippen molar-refractivity contribution in [1.29, 1.82) is 0 Å². The van der Waals surface area contributed by atoms with Gasteiger partial charge in [-0.15, -0.1) is 0 Å². The third-order valence-electron chi connectivity index (χ3n) is 12.2. The SMILES string of the molecule is CCC(=O)OC1CC[C@@]2(C)C(=CC[C@@H]3[C@@H]2CC[C@@]2(C)[C@H]3CCC23C[C@@]3(C)CCCC(C)C)C1. The zero-order valence-corrected chi connectivity index (χ0v) is 22.5. The summed E-state index contributed by atoms with van der Waals surface area (Å²) in [5.74, 6) is 3.47. The van der Waals surface area contributed by atoms with Crippen molar-refractivity contribution in [2.45, 2.75) is 131 Å². The van der Waals surface area contributed by atoms with Crippen LogP contribution in [0, 0.1) is 45.3 Å². The number of carbonyl (C=O) groups is 1. The molecule has 0 radical (unpaired) electrons. The lowest BCUT2D eigenvalue weighted by molar-refractivity contribution is -0.151. The summed E-state index contributed by atoms with van der Waals surface area (Å²) in [5, 5.41) is 0. The van der Waals surface area contributed by atoms with Crippen LogP contribution >= 0.6 is 0 Å². The predicted molar refractivity (Wildman–Crippen MR) is 136 cm³/mol. The second-order valence-electron chi connectivity index (χ2n) is 14.1. The Bertz CT molecular complexity index is 812. The topological polar surface area (TPSA) is 26.3 Å². The van der Waals surface area contributed by atoms with Crippen molar-refractivity contribution in [2.24, 2.45) is 45.3 Å². The van der Waals surface area contributed by atoms with Crippen LogP contribution in [0.2, 0.25) is 0 Å². The van der Waals surface area contributed by atoms with Gasteiger partial charge in [0.15, 0.2) is 0 Å². The predicted octanol–water partition coefficient (Wildman–Crippen LogP) is 8.49. The molecule has 1 spiro atoms. The summed E-state index contributed by atoms with van der Waals surface area (Å²) in [6, 6.07) is 0. The van der Waals surface area contributed by atoms with Crippen LogP contribution in [-0.2, 0) is 9.53 Å². The van der Waals surface area contributed by atoms with Crippen molar-refractivity contribution >= 4 is 5.97 Å². The van der Waals surface area contributed by atoms with Gasteiger partial charge >= 0.3 is 5.97 Å². The van der Waals surface area contributed by atoms with Gasteiger partial charge in [-0.2, -0.15) is 0 Å². The fourth-order valence-corrected chi connectivity index (χ4v) is 10.3. The first kappa shape index (κ1) is 23.9. The van der Waals surface area contributed by atoms with Crippen LogP contribution in [0.3, 0.4) is 0 Å². The first-order valence-corrected chi connectivity index (χ1v) is 14.5. The molecule has 0 aromatic carbocycles. The summed E-state index contributed by atoms with van der Waals surface area (Å²) in [7, 11) is 0. The highest BCUT2D eigenvalue weighted by atomic mass is 16.5. The fraction of sp³-hybridized carbons (Fsp3) is 0.903. The van der Waals surface area contributed by atoms with Crippen molar-refractivity contribution in [3.63, 3.8) is 0 Å². The molecule has 0 N–H and O–H groups in total. The molecule has 0 bridgehead atoms. The van der Waals surface area contributed by atoms with Crippen molar-refractivity contribution in [3.8, 4) is 0 Å². The summed E-state index contributed by atoms with van der Waals surface area (Å²) in [6.07, 6.45) is 19.4. The van der Waals surface area contributed by atoms with E-state index in [-0.39, 0.29) is 12.1 Å². The van der Waals surface area contributed by atoms with Crippen molar-refractivity contribution in [3.05, 3.63) is 11.6 Å². The first-order chi connectivity index (χ1) is 15.6. The maximum absolute atomic E-state index is 11.9. The molecular weight excluding hydrogens is 404 g/mol. The average molecular weight is 455 g/mol. The van der Waals surface area contributed by atoms with Crippen LogP contribution in [0.1, 0.15) is 125 Å². The van der Waals surface area contributed by atoms with Gasteiger partial charge in [-0.05, 0) is 103 Å². The van der Waals surface area contributed by atoms with E-state index in [0.717, 1.165) is 36.5 Å². The van der Waals surface area contributed by atoms with Gasteiger partial charge in [-0.1, -0.05) is 66.0 Å². The zero-order chi connectivity index (χ0) is 23.6. The molecule has 4 fully saturated rings. The Morgan fingerprint density at radius 2 is 1.85 bits per heavy atom. The largest absolute Gasteiger partial charge is 0.462 e. The van der Waals surface area contributed by atoms with Crippen LogP contribution in [0.5, 0.6) is 0 Å². The van der Waals surface area contributed by atoms with Crippen molar-refractivity contribution in [2.75, 3.05) is 0 Å². The average Bonchev–Trinajstić information content (AvgIpc) is 3.25. The lowest BCUT2D eigenvalue weighted by Gasteiger charge is -2.58. The van der Waals surface area contributed by atoms with E-state index >= 15 is 0 Å². The summed E-state index contributed by atoms with van der Waals surface area (Å²) < 4.78 is 5.78. The Balaban J connectivity index is 1.32. The van der Waals surface area contributed by atoms with E-state index in [9.17, 15) is 4.79 Å². The highest BCUT2D eigenvalue weighted by molar-refractivity contribution is 5.69. The summed E-state index contributed by atoms with van der Waals surface area (Å²) >= 11 is 0. The van der Waals surface area contributed by atoms with E-state index in [0.29, 0.717) is 28.1 Å². The van der Waals surface area contributed by atoms with Gasteiger partial charge in [0.1, 0.15) is 6.10 Å². The summed E-state index contributed by atoms with van der Waals surface area (Å²) in [4.78, 5) is 11.9. The molecule has 0 heterocycles. The summed E-state index contributed by atoms with van der Waals surface area (Å²) in [6.45, 7) is 14.6. The highest BCUT2D eigenvalue weighted by Gasteiger charge is 2.76. The molecule has 0 aromatic heterocycles. The third-order valence-corrected chi connectivity index (χ3v) is 12.2. The maximum atomic E-state index is 11.9. The third kappa shape index (κ3) is 3.50. The van der Waals surface area contributed by atoms with Gasteiger partial charge in [-0.3, -0.25) is 4.79 Å². The van der Waals surface area contributed by atoms with E-state index < -0.39 is 0 Å². The van der Waals surface area contributed by atoms with Gasteiger partial charge in [0.25, 0.3) is 0 Å². The molecule has 0 aromatic rings. The second kappa shape index (κ2) is 8.12. The lowest BCUT2D eigenvalue weighted by Crippen LogP contribution is -2.51. The van der Waals surface area contributed by atoms with Crippen LogP contribution < -0.4 is 0 Å². The van der Waals surface area contributed by atoms with Gasteiger partial charge in [0.05, 0.1) is 0 Å². The Hall–Kier alpha value is -0.790. The van der Waals surface area contributed by atoms with Gasteiger partial charge < -0.3 is 4.74 Å². The number of fused-ring (bicyclic) bond motifs is 6. The molecule has 2 unspecified atom stereocenters. The number of rotatable bonds is 6. The maximum Gasteiger partial charge on any atom is 0.305 e. The first-order valence-electron chi connectivity index (χ1n) is 14.5. The second-order valence-corrected chi connectivity index (χ2v) is 14.1. The standard InChI is InChI=1S/C31H50O2/c1-7-27(32)33-23-12-16-29(5)22(19-23)10-11-24-25(29)13-17-30(6)26(24)14-18-31(30)20-28(31,4)15-8-9-21(2)3/h10,21,23-26H,7-9,11-20H2,1-6H3/t23?,24-,25+,26+,28-,29+,30+,31?/m1/s1. The number of ether oxygens (including phenoxy) is 1. The normalized spacial score (nSPS) is 48.2. The minimum Gasteiger partial charge on any atom is -0.462 e. The smallest absolute Gasteiger partial charge is 0.305 e. The van der Waals surface area contributed by atoms with Crippen molar-refractivity contribution in [1.82, 2.24) is 0 Å². The van der Waals surface area contributed by atoms with Crippen LogP contribution in [0.4, 0.5) is 0 Å². The lowest BCUT2D eigenvalue weighted by atomic mass is 9.46. The van der Waals surface area contributed by atoms with E-state index in [1.54, 1.807) is 5.57 Å². The Morgan fingerprint density at radius 3 is 2.58 bits per heavy atom. The molecule has 5 rings (SSSR count). The molecule has 5 aliphatic carbocycles. The summed E-state index contributed by atoms with van der Waals surface area (Å²) in [5.41, 5.74) is 3.79. The van der Waals surface area contributed by atoms with Gasteiger partial charge in [0, 0.05) is 12.8 Å². The molecular formula is C31H50O2. The fourth-order valence-electron chi connectivity index (χ4n) is 10.3. The van der Waals surface area contributed by atoms with E-state index in [1.165, 1.54) is 64.2 Å². The van der Waals surface area contributed by atoms with E-state index in [4.69, 9.17) is 4.74 Å².